The van der Waals surface area contributed by atoms with E-state index in [4.69, 9.17) is 4.74 Å². The number of fused-ring (bicyclic) bond motifs is 1. The smallest absolute Gasteiger partial charge is 0.126 e. The van der Waals surface area contributed by atoms with Gasteiger partial charge in [0.05, 0.1) is 7.11 Å². The molecule has 3 aromatic carbocycles. The summed E-state index contributed by atoms with van der Waals surface area (Å²) in [4.78, 5) is 0. The molecule has 0 amide bonds. The molecule has 4 rings (SSSR count). The van der Waals surface area contributed by atoms with Crippen molar-refractivity contribution in [2.24, 2.45) is 7.05 Å². The van der Waals surface area contributed by atoms with Gasteiger partial charge in [-0.3, -0.25) is 0 Å². The Balaban J connectivity index is 1.61. The van der Waals surface area contributed by atoms with E-state index in [1.807, 2.05) is 0 Å². The van der Waals surface area contributed by atoms with E-state index >= 15 is 0 Å². The van der Waals surface area contributed by atoms with Crippen LogP contribution in [0.4, 0.5) is 0 Å². The average molecular weight is 370 g/mol. The molecule has 0 spiro atoms. The zero-order valence-corrected chi connectivity index (χ0v) is 16.6. The molecule has 0 fully saturated rings. The molecular weight excluding hydrogens is 344 g/mol. The van der Waals surface area contributed by atoms with Crippen molar-refractivity contribution in [3.8, 4) is 16.9 Å². The molecular formula is C25H26N2O. The number of nitrogens with zero attached hydrogens (tertiary/aromatic N) is 1. The zero-order chi connectivity index (χ0) is 19.5. The standard InChI is InChI=1S/C25H26N2O/c1-18(20-7-5-4-6-8-20)26-17-19-9-12-25(28-3)23(15-19)22-11-10-21-13-14-27(2)24(21)16-22/h4-16,18,26H,17H2,1-3H3. The number of aryl methyl sites for hydroxylation is 1. The first-order valence-corrected chi connectivity index (χ1v) is 9.66. The second kappa shape index (κ2) is 7.91. The van der Waals surface area contributed by atoms with Crippen molar-refractivity contribution in [1.82, 2.24) is 9.88 Å². The maximum Gasteiger partial charge on any atom is 0.126 e. The van der Waals surface area contributed by atoms with Gasteiger partial charge in [0.1, 0.15) is 5.75 Å². The van der Waals surface area contributed by atoms with Gasteiger partial charge in [0, 0.05) is 36.9 Å². The molecule has 28 heavy (non-hydrogen) atoms. The number of nitrogens with one attached hydrogen (secondary N) is 1. The van der Waals surface area contributed by atoms with Crippen molar-refractivity contribution in [3.05, 3.63) is 90.1 Å². The molecule has 1 heterocycles. The van der Waals surface area contributed by atoms with E-state index in [-0.39, 0.29) is 0 Å². The van der Waals surface area contributed by atoms with E-state index in [0.717, 1.165) is 17.9 Å². The number of benzene rings is 3. The summed E-state index contributed by atoms with van der Waals surface area (Å²) < 4.78 is 7.80. The van der Waals surface area contributed by atoms with Crippen LogP contribution in [0, 0.1) is 0 Å². The van der Waals surface area contributed by atoms with Crippen molar-refractivity contribution in [1.29, 1.82) is 0 Å². The fourth-order valence-electron chi connectivity index (χ4n) is 3.65. The summed E-state index contributed by atoms with van der Waals surface area (Å²) in [7, 11) is 3.81. The van der Waals surface area contributed by atoms with E-state index in [1.165, 1.54) is 27.6 Å². The summed E-state index contributed by atoms with van der Waals surface area (Å²) in [6.45, 7) is 3.00. The summed E-state index contributed by atoms with van der Waals surface area (Å²) in [6.07, 6.45) is 2.09. The largest absolute Gasteiger partial charge is 0.496 e. The number of ether oxygens (including phenoxy) is 1. The first-order valence-electron chi connectivity index (χ1n) is 9.66. The fraction of sp³-hybridized carbons (Fsp3) is 0.200. The van der Waals surface area contributed by atoms with Gasteiger partial charge in [-0.15, -0.1) is 0 Å². The average Bonchev–Trinajstić information content (AvgIpc) is 3.12. The Hall–Kier alpha value is -3.04. The van der Waals surface area contributed by atoms with Crippen LogP contribution in [0.15, 0.2) is 79.0 Å². The Morgan fingerprint density at radius 3 is 2.57 bits per heavy atom. The number of methoxy groups -OCH3 is 1. The maximum absolute atomic E-state index is 5.65. The minimum absolute atomic E-state index is 0.298. The van der Waals surface area contributed by atoms with E-state index in [2.05, 4.69) is 103 Å². The Morgan fingerprint density at radius 2 is 1.79 bits per heavy atom. The molecule has 0 saturated heterocycles. The molecule has 0 radical (unpaired) electrons. The SMILES string of the molecule is COc1ccc(CNC(C)c2ccccc2)cc1-c1ccc2ccn(C)c2c1. The monoisotopic (exact) mass is 370 g/mol. The summed E-state index contributed by atoms with van der Waals surface area (Å²) in [5.74, 6) is 0.897. The van der Waals surface area contributed by atoms with Gasteiger partial charge < -0.3 is 14.6 Å². The molecule has 1 atom stereocenters. The van der Waals surface area contributed by atoms with Gasteiger partial charge in [-0.1, -0.05) is 48.5 Å². The number of rotatable bonds is 6. The Morgan fingerprint density at radius 1 is 0.964 bits per heavy atom. The van der Waals surface area contributed by atoms with Crippen LogP contribution in [0.3, 0.4) is 0 Å². The van der Waals surface area contributed by atoms with Gasteiger partial charge in [-0.2, -0.15) is 0 Å². The molecule has 1 N–H and O–H groups in total. The predicted molar refractivity (Wildman–Crippen MR) is 117 cm³/mol. The van der Waals surface area contributed by atoms with Crippen molar-refractivity contribution in [2.75, 3.05) is 7.11 Å². The molecule has 0 bridgehead atoms. The Labute approximate surface area is 166 Å². The fourth-order valence-corrected chi connectivity index (χ4v) is 3.65. The summed E-state index contributed by atoms with van der Waals surface area (Å²) in [5, 5.41) is 4.87. The van der Waals surface area contributed by atoms with Crippen LogP contribution in [-0.4, -0.2) is 11.7 Å². The second-order valence-corrected chi connectivity index (χ2v) is 7.25. The Kier molecular flexibility index (Phi) is 5.18. The third-order valence-corrected chi connectivity index (χ3v) is 5.37. The van der Waals surface area contributed by atoms with Gasteiger partial charge in [-0.05, 0) is 53.3 Å². The number of aromatic nitrogens is 1. The van der Waals surface area contributed by atoms with Gasteiger partial charge in [0.15, 0.2) is 0 Å². The number of hydrogen-bond donors (Lipinski definition) is 1. The lowest BCUT2D eigenvalue weighted by atomic mass is 10.0. The highest BCUT2D eigenvalue weighted by Gasteiger charge is 2.10. The summed E-state index contributed by atoms with van der Waals surface area (Å²) in [5.41, 5.74) is 6.05. The maximum atomic E-state index is 5.65. The lowest BCUT2D eigenvalue weighted by Gasteiger charge is -2.16. The van der Waals surface area contributed by atoms with Crippen LogP contribution < -0.4 is 10.1 Å². The highest BCUT2D eigenvalue weighted by molar-refractivity contribution is 5.86. The molecule has 0 aliphatic rings. The highest BCUT2D eigenvalue weighted by Crippen LogP contribution is 2.33. The lowest BCUT2D eigenvalue weighted by molar-refractivity contribution is 0.416. The van der Waals surface area contributed by atoms with Gasteiger partial charge in [-0.25, -0.2) is 0 Å². The van der Waals surface area contributed by atoms with Crippen LogP contribution in [-0.2, 0) is 13.6 Å². The minimum atomic E-state index is 0.298. The zero-order valence-electron chi connectivity index (χ0n) is 16.6. The van der Waals surface area contributed by atoms with Crippen molar-refractivity contribution in [3.63, 3.8) is 0 Å². The first kappa shape index (κ1) is 18.3. The van der Waals surface area contributed by atoms with Crippen molar-refractivity contribution >= 4 is 10.9 Å². The van der Waals surface area contributed by atoms with E-state index in [0.29, 0.717) is 6.04 Å². The Bertz CT molecular complexity index is 1080. The molecule has 3 nitrogen and oxygen atoms in total. The predicted octanol–water partition coefficient (Wildman–Crippen LogP) is 5.70. The van der Waals surface area contributed by atoms with Crippen LogP contribution in [0.2, 0.25) is 0 Å². The van der Waals surface area contributed by atoms with E-state index in [9.17, 15) is 0 Å². The topological polar surface area (TPSA) is 26.2 Å². The quantitative estimate of drug-likeness (QED) is 0.471. The van der Waals surface area contributed by atoms with Crippen LogP contribution in [0.5, 0.6) is 5.75 Å². The molecule has 1 unspecified atom stereocenters. The van der Waals surface area contributed by atoms with E-state index in [1.54, 1.807) is 7.11 Å². The molecule has 142 valence electrons. The van der Waals surface area contributed by atoms with Crippen LogP contribution >= 0.6 is 0 Å². The molecule has 0 aliphatic carbocycles. The van der Waals surface area contributed by atoms with Crippen LogP contribution in [0.1, 0.15) is 24.1 Å². The highest BCUT2D eigenvalue weighted by atomic mass is 16.5. The molecule has 4 aromatic rings. The van der Waals surface area contributed by atoms with Gasteiger partial charge in [0.2, 0.25) is 0 Å². The number of hydrogen-bond acceptors (Lipinski definition) is 2. The van der Waals surface area contributed by atoms with E-state index < -0.39 is 0 Å². The van der Waals surface area contributed by atoms with Gasteiger partial charge in [0.25, 0.3) is 0 Å². The molecule has 3 heteroatoms. The second-order valence-electron chi connectivity index (χ2n) is 7.25. The molecule has 1 aromatic heterocycles. The third-order valence-electron chi connectivity index (χ3n) is 5.37. The van der Waals surface area contributed by atoms with Crippen molar-refractivity contribution in [2.45, 2.75) is 19.5 Å². The molecule has 0 aliphatic heterocycles. The van der Waals surface area contributed by atoms with Gasteiger partial charge >= 0.3 is 0 Å². The summed E-state index contributed by atoms with van der Waals surface area (Å²) >= 11 is 0. The first-order chi connectivity index (χ1) is 13.7. The van der Waals surface area contributed by atoms with Crippen LogP contribution in [0.25, 0.3) is 22.0 Å². The lowest BCUT2D eigenvalue weighted by Crippen LogP contribution is -2.18. The third kappa shape index (κ3) is 3.67. The normalized spacial score (nSPS) is 12.2. The molecule has 0 saturated carbocycles. The van der Waals surface area contributed by atoms with Crippen molar-refractivity contribution < 1.29 is 4.74 Å². The minimum Gasteiger partial charge on any atom is -0.496 e. The summed E-state index contributed by atoms with van der Waals surface area (Å²) in [6, 6.07) is 26.0.